The van der Waals surface area contributed by atoms with E-state index >= 15 is 0 Å². The Labute approximate surface area is 249 Å². The molecular weight excluding hydrogens is 548 g/mol. The molecule has 12 nitrogen and oxygen atoms in total. The molecule has 3 aliphatic rings. The lowest BCUT2D eigenvalue weighted by Gasteiger charge is -2.46. The van der Waals surface area contributed by atoms with Gasteiger partial charge in [-0.2, -0.15) is 5.10 Å². The van der Waals surface area contributed by atoms with Gasteiger partial charge in [0.25, 0.3) is 11.5 Å². The first-order chi connectivity index (χ1) is 20.7. The highest BCUT2D eigenvalue weighted by molar-refractivity contribution is 6.04. The van der Waals surface area contributed by atoms with Gasteiger partial charge in [-0.05, 0) is 51.0 Å². The average molecular weight is 587 g/mol. The van der Waals surface area contributed by atoms with Crippen molar-refractivity contribution in [3.8, 4) is 17.0 Å². The van der Waals surface area contributed by atoms with Crippen molar-refractivity contribution in [2.75, 3.05) is 56.2 Å². The van der Waals surface area contributed by atoms with Crippen LogP contribution in [0.4, 0.5) is 11.6 Å². The molecular formula is C31H38N8O4. The second-order valence-corrected chi connectivity index (χ2v) is 12.4. The van der Waals surface area contributed by atoms with E-state index in [4.69, 9.17) is 14.5 Å². The molecule has 2 saturated heterocycles. The third-order valence-corrected chi connectivity index (χ3v) is 9.24. The van der Waals surface area contributed by atoms with Crippen LogP contribution in [0, 0.1) is 0 Å². The minimum absolute atomic E-state index is 0.0373. The Balaban J connectivity index is 1.38. The second-order valence-electron chi connectivity index (χ2n) is 12.4. The summed E-state index contributed by atoms with van der Waals surface area (Å²) in [7, 11) is 3.44. The average Bonchev–Trinajstić information content (AvgIpc) is 3.54. The molecule has 7 rings (SSSR count). The number of aromatic nitrogens is 5. The number of hydrogen-bond donors (Lipinski definition) is 1. The molecule has 4 bridgehead atoms. The van der Waals surface area contributed by atoms with Gasteiger partial charge in [0, 0.05) is 63.7 Å². The van der Waals surface area contributed by atoms with Crippen LogP contribution in [-0.4, -0.2) is 86.2 Å². The Hall–Kier alpha value is -4.16. The Bertz CT molecular complexity index is 1760. The SMILES string of the molecule is Cn1ncc2c1OCCN1CC(CCC1(C)C)n1c(nc3ccc(N4CCOCC4)cc31)NC(=O)c1cc-2c(=O)n(C)c1. The second kappa shape index (κ2) is 10.5. The van der Waals surface area contributed by atoms with Crippen LogP contribution < -0.4 is 20.5 Å². The number of ether oxygens (including phenoxy) is 2. The number of carbonyl (C=O) groups excluding carboxylic acids is 1. The molecule has 12 heteroatoms. The Kier molecular flexibility index (Phi) is 6.77. The summed E-state index contributed by atoms with van der Waals surface area (Å²) in [5, 5.41) is 7.50. The summed E-state index contributed by atoms with van der Waals surface area (Å²) in [5.74, 6) is 0.675. The first kappa shape index (κ1) is 27.7. The quantitative estimate of drug-likeness (QED) is 0.363. The van der Waals surface area contributed by atoms with Gasteiger partial charge in [0.15, 0.2) is 0 Å². The highest BCUT2D eigenvalue weighted by atomic mass is 16.5. The van der Waals surface area contributed by atoms with E-state index in [2.05, 4.69) is 50.8 Å². The number of amides is 1. The number of imidazole rings is 1. The van der Waals surface area contributed by atoms with E-state index in [0.717, 1.165) is 49.2 Å². The van der Waals surface area contributed by atoms with Crippen molar-refractivity contribution in [1.29, 1.82) is 0 Å². The number of anilines is 2. The summed E-state index contributed by atoms with van der Waals surface area (Å²) in [6, 6.07) is 8.04. The normalized spacial score (nSPS) is 22.1. The lowest BCUT2D eigenvalue weighted by Crippen LogP contribution is -2.52. The fourth-order valence-corrected chi connectivity index (χ4v) is 6.67. The maximum Gasteiger partial charge on any atom is 0.259 e. The van der Waals surface area contributed by atoms with Gasteiger partial charge in [-0.3, -0.25) is 19.8 Å². The van der Waals surface area contributed by atoms with Gasteiger partial charge in [0.1, 0.15) is 6.61 Å². The van der Waals surface area contributed by atoms with Gasteiger partial charge in [-0.15, -0.1) is 0 Å². The van der Waals surface area contributed by atoms with Crippen molar-refractivity contribution in [1.82, 2.24) is 28.8 Å². The smallest absolute Gasteiger partial charge is 0.259 e. The van der Waals surface area contributed by atoms with E-state index < -0.39 is 0 Å². The summed E-state index contributed by atoms with van der Waals surface area (Å²) in [6.07, 6.45) is 5.10. The van der Waals surface area contributed by atoms with E-state index in [0.29, 0.717) is 54.9 Å². The number of hydrogen-bond acceptors (Lipinski definition) is 8. The number of morpholine rings is 1. The van der Waals surface area contributed by atoms with E-state index in [9.17, 15) is 9.59 Å². The molecule has 1 aromatic carbocycles. The van der Waals surface area contributed by atoms with Gasteiger partial charge in [0.05, 0.1) is 47.1 Å². The molecule has 2 fully saturated rings. The number of pyridine rings is 1. The number of benzene rings is 1. The molecule has 3 aliphatic heterocycles. The molecule has 2 unspecified atom stereocenters. The largest absolute Gasteiger partial charge is 0.476 e. The Morgan fingerprint density at radius 1 is 1.02 bits per heavy atom. The summed E-state index contributed by atoms with van der Waals surface area (Å²) >= 11 is 0. The number of nitrogens with one attached hydrogen (secondary N) is 1. The molecule has 4 aromatic rings. The number of nitrogens with zero attached hydrogens (tertiary/aromatic N) is 7. The Morgan fingerprint density at radius 2 is 1.84 bits per heavy atom. The molecule has 0 saturated carbocycles. The van der Waals surface area contributed by atoms with E-state index in [1.807, 2.05) is 6.07 Å². The monoisotopic (exact) mass is 586 g/mol. The zero-order valence-corrected chi connectivity index (χ0v) is 25.2. The number of aryl methyl sites for hydroxylation is 2. The Morgan fingerprint density at radius 3 is 2.65 bits per heavy atom. The minimum atomic E-state index is -0.337. The van der Waals surface area contributed by atoms with E-state index in [1.54, 1.807) is 37.2 Å². The zero-order valence-electron chi connectivity index (χ0n) is 25.2. The predicted molar refractivity (Wildman–Crippen MR) is 164 cm³/mol. The molecule has 6 heterocycles. The van der Waals surface area contributed by atoms with Gasteiger partial charge in [-0.1, -0.05) is 0 Å². The topological polar surface area (TPSA) is 112 Å². The maximum absolute atomic E-state index is 13.9. The molecule has 43 heavy (non-hydrogen) atoms. The molecule has 0 radical (unpaired) electrons. The first-order valence-electron chi connectivity index (χ1n) is 15.0. The lowest BCUT2D eigenvalue weighted by atomic mass is 9.88. The van der Waals surface area contributed by atoms with Crippen LogP contribution in [-0.2, 0) is 18.8 Å². The molecule has 226 valence electrons. The van der Waals surface area contributed by atoms with Crippen molar-refractivity contribution in [2.24, 2.45) is 14.1 Å². The predicted octanol–water partition coefficient (Wildman–Crippen LogP) is 3.03. The molecule has 2 atom stereocenters. The maximum atomic E-state index is 13.9. The number of carbonyl (C=O) groups is 1. The van der Waals surface area contributed by atoms with Crippen LogP contribution >= 0.6 is 0 Å². The summed E-state index contributed by atoms with van der Waals surface area (Å²) in [4.78, 5) is 36.9. The van der Waals surface area contributed by atoms with Crippen LogP contribution in [0.1, 0.15) is 43.1 Å². The molecule has 1 N–H and O–H groups in total. The highest BCUT2D eigenvalue weighted by Crippen LogP contribution is 2.38. The summed E-state index contributed by atoms with van der Waals surface area (Å²) < 4.78 is 17.2. The first-order valence-corrected chi connectivity index (χ1v) is 15.0. The molecule has 1 amide bonds. The molecule has 0 spiro atoms. The van der Waals surface area contributed by atoms with Crippen molar-refractivity contribution < 1.29 is 14.3 Å². The molecule has 3 aromatic heterocycles. The van der Waals surface area contributed by atoms with Crippen molar-refractivity contribution in [3.05, 3.63) is 52.6 Å². The van der Waals surface area contributed by atoms with E-state index in [-0.39, 0.29) is 23.0 Å². The highest BCUT2D eigenvalue weighted by Gasteiger charge is 2.36. The fourth-order valence-electron chi connectivity index (χ4n) is 6.67. The van der Waals surface area contributed by atoms with Crippen molar-refractivity contribution in [3.63, 3.8) is 0 Å². The third kappa shape index (κ3) is 4.88. The minimum Gasteiger partial charge on any atom is -0.476 e. The lowest BCUT2D eigenvalue weighted by molar-refractivity contribution is 0.0376. The van der Waals surface area contributed by atoms with Gasteiger partial charge >= 0.3 is 0 Å². The van der Waals surface area contributed by atoms with Crippen LogP contribution in [0.15, 0.2) is 41.5 Å². The number of fused-ring (bicyclic) bond motifs is 10. The molecule has 0 aliphatic carbocycles. The fraction of sp³-hybridized carbons (Fsp3) is 0.484. The zero-order chi connectivity index (χ0) is 29.9. The van der Waals surface area contributed by atoms with Crippen molar-refractivity contribution >= 4 is 28.6 Å². The number of rotatable bonds is 1. The van der Waals surface area contributed by atoms with Crippen LogP contribution in [0.3, 0.4) is 0 Å². The van der Waals surface area contributed by atoms with Gasteiger partial charge < -0.3 is 23.5 Å². The summed E-state index contributed by atoms with van der Waals surface area (Å²) in [6.45, 7) is 9.52. The summed E-state index contributed by atoms with van der Waals surface area (Å²) in [5.41, 5.74) is 3.94. The van der Waals surface area contributed by atoms with Crippen LogP contribution in [0.2, 0.25) is 0 Å². The number of piperidine rings is 1. The van der Waals surface area contributed by atoms with Crippen LogP contribution in [0.5, 0.6) is 5.88 Å². The van der Waals surface area contributed by atoms with Gasteiger partial charge in [0.2, 0.25) is 11.8 Å². The van der Waals surface area contributed by atoms with E-state index in [1.165, 1.54) is 4.57 Å². The van der Waals surface area contributed by atoms with Crippen molar-refractivity contribution in [2.45, 2.75) is 38.3 Å². The standard InChI is InChI=1S/C31H38N8O4/c1-31(2)8-7-22-19-38(31)11-14-43-29-24(17-32-36(29)4)23-15-20(18-35(3)28(23)41)27(40)34-30-33-25-6-5-21(16-26(25)39(22)30)37-9-12-42-13-10-37/h5-6,15-18,22H,7-14,19H2,1-4H3,(H,33,34,40). The van der Waals surface area contributed by atoms with Gasteiger partial charge in [-0.25, -0.2) is 9.67 Å². The third-order valence-electron chi connectivity index (χ3n) is 9.24. The van der Waals surface area contributed by atoms with Crippen LogP contribution in [0.25, 0.3) is 22.2 Å².